The quantitative estimate of drug-likeness (QED) is 0.463. The predicted octanol–water partition coefficient (Wildman–Crippen LogP) is 4.03. The molecule has 2 rings (SSSR count). The third-order valence-corrected chi connectivity index (χ3v) is 5.28. The van der Waals surface area contributed by atoms with Crippen molar-refractivity contribution in [2.75, 3.05) is 0 Å². The Morgan fingerprint density at radius 3 is 2.75 bits per heavy atom. The summed E-state index contributed by atoms with van der Waals surface area (Å²) in [6.07, 6.45) is 7.48. The molecule has 0 aliphatic heterocycles. The molecule has 0 heterocycles. The Morgan fingerprint density at radius 1 is 1.33 bits per heavy atom. The molecule has 0 saturated heterocycles. The van der Waals surface area contributed by atoms with Crippen LogP contribution in [0.5, 0.6) is 0 Å². The molecule has 0 amide bonds. The van der Waals surface area contributed by atoms with Gasteiger partial charge in [0.25, 0.3) is 0 Å². The summed E-state index contributed by atoms with van der Waals surface area (Å²) >= 11 is 2.72. The SMILES string of the molecule is C[C@@H]1CC2[C@H](CCCC2(C)I)C1. The highest BCUT2D eigenvalue weighted by molar-refractivity contribution is 14.1. The highest BCUT2D eigenvalue weighted by Crippen LogP contribution is 2.53. The number of halogens is 1. The van der Waals surface area contributed by atoms with Gasteiger partial charge in [0.05, 0.1) is 0 Å². The van der Waals surface area contributed by atoms with Gasteiger partial charge in [-0.1, -0.05) is 49.3 Å². The second-order valence-corrected chi connectivity index (χ2v) is 7.58. The Hall–Kier alpha value is 0.730. The minimum Gasteiger partial charge on any atom is -0.0789 e. The summed E-state index contributed by atoms with van der Waals surface area (Å²) in [7, 11) is 0. The van der Waals surface area contributed by atoms with Gasteiger partial charge in [-0.3, -0.25) is 0 Å². The summed E-state index contributed by atoms with van der Waals surface area (Å²) in [6, 6.07) is 0. The first kappa shape index (κ1) is 9.29. The van der Waals surface area contributed by atoms with Crippen LogP contribution in [0.25, 0.3) is 0 Å². The fourth-order valence-electron chi connectivity index (χ4n) is 3.35. The number of hydrogen-bond donors (Lipinski definition) is 0. The molecule has 0 bridgehead atoms. The smallest absolute Gasteiger partial charge is 0.0225 e. The van der Waals surface area contributed by atoms with E-state index < -0.39 is 0 Å². The van der Waals surface area contributed by atoms with Crippen molar-refractivity contribution in [2.24, 2.45) is 17.8 Å². The molecule has 0 aromatic rings. The van der Waals surface area contributed by atoms with Crippen LogP contribution in [-0.4, -0.2) is 3.42 Å². The third-order valence-electron chi connectivity index (χ3n) is 3.94. The van der Waals surface area contributed by atoms with E-state index in [4.69, 9.17) is 0 Å². The molecule has 0 spiro atoms. The van der Waals surface area contributed by atoms with Gasteiger partial charge in [0.1, 0.15) is 0 Å². The van der Waals surface area contributed by atoms with E-state index in [2.05, 4.69) is 36.4 Å². The van der Waals surface area contributed by atoms with Crippen LogP contribution in [0.1, 0.15) is 46.0 Å². The normalized spacial score (nSPS) is 53.8. The van der Waals surface area contributed by atoms with Crippen molar-refractivity contribution in [3.8, 4) is 0 Å². The number of fused-ring (bicyclic) bond motifs is 1. The Labute approximate surface area is 89.6 Å². The van der Waals surface area contributed by atoms with Crippen LogP contribution in [0, 0.1) is 17.8 Å². The summed E-state index contributed by atoms with van der Waals surface area (Å²) in [6.45, 7) is 4.91. The van der Waals surface area contributed by atoms with Gasteiger partial charge >= 0.3 is 0 Å². The average Bonchev–Trinajstić information content (AvgIpc) is 2.30. The first-order valence-electron chi connectivity index (χ1n) is 5.28. The molecule has 2 unspecified atom stereocenters. The Bertz CT molecular complexity index is 174. The first-order valence-corrected chi connectivity index (χ1v) is 6.36. The van der Waals surface area contributed by atoms with E-state index in [1.807, 2.05) is 0 Å². The van der Waals surface area contributed by atoms with E-state index >= 15 is 0 Å². The molecule has 2 fully saturated rings. The van der Waals surface area contributed by atoms with Gasteiger partial charge in [0, 0.05) is 3.42 Å². The minimum atomic E-state index is 0.630. The molecule has 0 radical (unpaired) electrons. The number of alkyl halides is 1. The maximum Gasteiger partial charge on any atom is 0.0225 e. The first-order chi connectivity index (χ1) is 5.59. The second-order valence-electron chi connectivity index (χ2n) is 5.11. The van der Waals surface area contributed by atoms with Crippen LogP contribution < -0.4 is 0 Å². The van der Waals surface area contributed by atoms with E-state index in [1.54, 1.807) is 0 Å². The van der Waals surface area contributed by atoms with E-state index in [-0.39, 0.29) is 0 Å². The Balaban J connectivity index is 2.13. The van der Waals surface area contributed by atoms with Crippen LogP contribution >= 0.6 is 22.6 Å². The Morgan fingerprint density at radius 2 is 2.08 bits per heavy atom. The molecular formula is C11H19I. The second kappa shape index (κ2) is 3.14. The van der Waals surface area contributed by atoms with Gasteiger partial charge < -0.3 is 0 Å². The van der Waals surface area contributed by atoms with Gasteiger partial charge in [-0.05, 0) is 37.0 Å². The standard InChI is InChI=1S/C11H19I/c1-8-6-9-4-3-5-11(2,12)10(9)7-8/h8-10H,3-7H2,1-2H3/t8-,9+,10?,11?/m0/s1. The lowest BCUT2D eigenvalue weighted by Crippen LogP contribution is -2.34. The van der Waals surface area contributed by atoms with E-state index in [9.17, 15) is 0 Å². The zero-order valence-electron chi connectivity index (χ0n) is 8.15. The van der Waals surface area contributed by atoms with Crippen molar-refractivity contribution < 1.29 is 0 Å². The van der Waals surface area contributed by atoms with Gasteiger partial charge in [-0.15, -0.1) is 0 Å². The molecule has 70 valence electrons. The number of hydrogen-bond acceptors (Lipinski definition) is 0. The molecule has 0 aromatic heterocycles. The van der Waals surface area contributed by atoms with Gasteiger partial charge in [0.2, 0.25) is 0 Å². The minimum absolute atomic E-state index is 0.630. The van der Waals surface area contributed by atoms with Crippen molar-refractivity contribution in [1.82, 2.24) is 0 Å². The summed E-state index contributed by atoms with van der Waals surface area (Å²) in [4.78, 5) is 0. The van der Waals surface area contributed by atoms with Crippen molar-refractivity contribution in [3.63, 3.8) is 0 Å². The highest BCUT2D eigenvalue weighted by atomic mass is 127. The molecule has 12 heavy (non-hydrogen) atoms. The zero-order chi connectivity index (χ0) is 8.77. The lowest BCUT2D eigenvalue weighted by atomic mass is 9.75. The molecule has 2 aliphatic carbocycles. The third kappa shape index (κ3) is 1.53. The fraction of sp³-hybridized carbons (Fsp3) is 1.00. The maximum absolute atomic E-state index is 2.72. The van der Waals surface area contributed by atoms with Crippen molar-refractivity contribution in [1.29, 1.82) is 0 Å². The lowest BCUT2D eigenvalue weighted by Gasteiger charge is -2.39. The fourth-order valence-corrected chi connectivity index (χ4v) is 4.50. The average molecular weight is 278 g/mol. The molecule has 2 aliphatic rings. The molecule has 0 aromatic carbocycles. The Kier molecular flexibility index (Phi) is 2.43. The lowest BCUT2D eigenvalue weighted by molar-refractivity contribution is 0.237. The molecule has 0 nitrogen and oxygen atoms in total. The van der Waals surface area contributed by atoms with Crippen LogP contribution in [-0.2, 0) is 0 Å². The predicted molar refractivity (Wildman–Crippen MR) is 61.7 cm³/mol. The van der Waals surface area contributed by atoms with Crippen molar-refractivity contribution in [3.05, 3.63) is 0 Å². The molecule has 0 N–H and O–H groups in total. The van der Waals surface area contributed by atoms with Crippen LogP contribution in [0.3, 0.4) is 0 Å². The molecule has 4 atom stereocenters. The molecular weight excluding hydrogens is 259 g/mol. The van der Waals surface area contributed by atoms with Crippen LogP contribution in [0.15, 0.2) is 0 Å². The summed E-state index contributed by atoms with van der Waals surface area (Å²) in [5.74, 6) is 3.13. The zero-order valence-corrected chi connectivity index (χ0v) is 10.3. The van der Waals surface area contributed by atoms with Gasteiger partial charge in [-0.2, -0.15) is 0 Å². The summed E-state index contributed by atoms with van der Waals surface area (Å²) in [5, 5.41) is 0. The molecule has 2 saturated carbocycles. The van der Waals surface area contributed by atoms with Gasteiger partial charge in [-0.25, -0.2) is 0 Å². The van der Waals surface area contributed by atoms with Crippen molar-refractivity contribution in [2.45, 2.75) is 49.4 Å². The van der Waals surface area contributed by atoms with E-state index in [0.717, 1.165) is 17.8 Å². The van der Waals surface area contributed by atoms with Crippen LogP contribution in [0.4, 0.5) is 0 Å². The monoisotopic (exact) mass is 278 g/mol. The number of rotatable bonds is 0. The maximum atomic E-state index is 2.72. The topological polar surface area (TPSA) is 0 Å². The largest absolute Gasteiger partial charge is 0.0789 e. The summed E-state index contributed by atoms with van der Waals surface area (Å²) < 4.78 is 0.630. The summed E-state index contributed by atoms with van der Waals surface area (Å²) in [5.41, 5.74) is 0. The molecule has 1 heteroatoms. The van der Waals surface area contributed by atoms with Crippen LogP contribution in [0.2, 0.25) is 0 Å². The van der Waals surface area contributed by atoms with E-state index in [0.29, 0.717) is 3.42 Å². The van der Waals surface area contributed by atoms with Crippen molar-refractivity contribution >= 4 is 22.6 Å². The van der Waals surface area contributed by atoms with Gasteiger partial charge in [0.15, 0.2) is 0 Å². The highest BCUT2D eigenvalue weighted by Gasteiger charge is 2.44. The van der Waals surface area contributed by atoms with E-state index in [1.165, 1.54) is 32.1 Å².